The summed E-state index contributed by atoms with van der Waals surface area (Å²) in [6.07, 6.45) is 1.03. The average Bonchev–Trinajstić information content (AvgIpc) is 2.46. The third-order valence-corrected chi connectivity index (χ3v) is 6.46. The molecule has 1 aromatic rings. The highest BCUT2D eigenvalue weighted by atomic mass is 32.2. The number of hydrogen-bond donors (Lipinski definition) is 2. The van der Waals surface area contributed by atoms with Gasteiger partial charge in [0.15, 0.2) is 0 Å². The van der Waals surface area contributed by atoms with Crippen LogP contribution >= 0.6 is 0 Å². The Labute approximate surface area is 123 Å². The van der Waals surface area contributed by atoms with Gasteiger partial charge < -0.3 is 10.4 Å². The van der Waals surface area contributed by atoms with Gasteiger partial charge in [-0.15, -0.1) is 0 Å². The molecule has 1 aromatic carbocycles. The van der Waals surface area contributed by atoms with E-state index in [1.165, 1.54) is 22.5 Å². The Morgan fingerprint density at radius 3 is 2.86 bits per heavy atom. The molecule has 116 valence electrons. The van der Waals surface area contributed by atoms with Gasteiger partial charge in [-0.25, -0.2) is 12.8 Å². The molecule has 0 aromatic heterocycles. The van der Waals surface area contributed by atoms with E-state index in [0.717, 1.165) is 12.6 Å². The monoisotopic (exact) mass is 314 g/mol. The number of sulfonamides is 1. The van der Waals surface area contributed by atoms with Gasteiger partial charge in [-0.05, 0) is 31.5 Å². The quantitative estimate of drug-likeness (QED) is 0.837. The maximum atomic E-state index is 13.8. The van der Waals surface area contributed by atoms with Gasteiger partial charge in [0.2, 0.25) is 10.0 Å². The van der Waals surface area contributed by atoms with Crippen molar-refractivity contribution < 1.29 is 17.9 Å². The molecular formula is C14H19FN2O3S. The third-order valence-electron chi connectivity index (χ3n) is 4.56. The molecule has 0 spiro atoms. The topological polar surface area (TPSA) is 69.6 Å². The van der Waals surface area contributed by atoms with Crippen LogP contribution in [0.1, 0.15) is 12.8 Å². The first-order valence-corrected chi connectivity index (χ1v) is 8.55. The van der Waals surface area contributed by atoms with E-state index in [1.54, 1.807) is 0 Å². The van der Waals surface area contributed by atoms with Gasteiger partial charge in [-0.2, -0.15) is 4.31 Å². The molecule has 2 aliphatic rings. The van der Waals surface area contributed by atoms with Crippen molar-refractivity contribution in [3.8, 4) is 0 Å². The van der Waals surface area contributed by atoms with Crippen LogP contribution in [0, 0.1) is 11.7 Å². The fourth-order valence-electron chi connectivity index (χ4n) is 3.21. The van der Waals surface area contributed by atoms with E-state index < -0.39 is 21.4 Å². The second-order valence-electron chi connectivity index (χ2n) is 5.80. The average molecular weight is 314 g/mol. The van der Waals surface area contributed by atoms with Crippen LogP contribution in [0.2, 0.25) is 0 Å². The molecule has 5 nitrogen and oxygen atoms in total. The van der Waals surface area contributed by atoms with Crippen molar-refractivity contribution in [2.24, 2.45) is 5.92 Å². The standard InChI is InChI=1S/C14H19FN2O3S/c15-12-3-1-2-4-13(12)21(19,20)17-8-6-14(18)5-7-16-9-11(14)10-17/h1-4,11,16,18H,5-10H2/t11-,14-/m0/s1. The number of benzene rings is 1. The van der Waals surface area contributed by atoms with E-state index in [0.29, 0.717) is 19.4 Å². The molecule has 0 saturated carbocycles. The lowest BCUT2D eigenvalue weighted by Crippen LogP contribution is -2.59. The Bertz CT molecular complexity index is 637. The van der Waals surface area contributed by atoms with Crippen molar-refractivity contribution in [1.29, 1.82) is 0 Å². The summed E-state index contributed by atoms with van der Waals surface area (Å²) in [6, 6.07) is 5.41. The molecule has 2 aliphatic heterocycles. The summed E-state index contributed by atoms with van der Waals surface area (Å²) in [5.41, 5.74) is -0.799. The zero-order valence-electron chi connectivity index (χ0n) is 11.6. The maximum absolute atomic E-state index is 13.8. The molecule has 0 unspecified atom stereocenters. The highest BCUT2D eigenvalue weighted by Crippen LogP contribution is 2.35. The van der Waals surface area contributed by atoms with Gasteiger partial charge in [0.05, 0.1) is 5.60 Å². The minimum Gasteiger partial charge on any atom is -0.389 e. The summed E-state index contributed by atoms with van der Waals surface area (Å²) < 4.78 is 40.2. The van der Waals surface area contributed by atoms with E-state index in [9.17, 15) is 17.9 Å². The van der Waals surface area contributed by atoms with Crippen LogP contribution in [0.3, 0.4) is 0 Å². The number of aliphatic hydroxyl groups is 1. The summed E-state index contributed by atoms with van der Waals surface area (Å²) in [5, 5.41) is 13.7. The van der Waals surface area contributed by atoms with E-state index >= 15 is 0 Å². The fraction of sp³-hybridized carbons (Fsp3) is 0.571. The molecule has 2 atom stereocenters. The Balaban J connectivity index is 1.86. The van der Waals surface area contributed by atoms with Gasteiger partial charge in [0, 0.05) is 25.6 Å². The number of piperidine rings is 2. The van der Waals surface area contributed by atoms with Crippen LogP contribution in [0.5, 0.6) is 0 Å². The molecule has 2 N–H and O–H groups in total. The second-order valence-corrected chi connectivity index (χ2v) is 7.70. The van der Waals surface area contributed by atoms with E-state index in [-0.39, 0.29) is 23.9 Å². The fourth-order valence-corrected chi connectivity index (χ4v) is 4.76. The van der Waals surface area contributed by atoms with Gasteiger partial charge in [0.25, 0.3) is 0 Å². The lowest BCUT2D eigenvalue weighted by atomic mass is 9.77. The van der Waals surface area contributed by atoms with Crippen LogP contribution in [0.15, 0.2) is 29.2 Å². The maximum Gasteiger partial charge on any atom is 0.245 e. The van der Waals surface area contributed by atoms with Crippen LogP contribution in [-0.4, -0.2) is 49.6 Å². The highest BCUT2D eigenvalue weighted by Gasteiger charge is 2.45. The normalized spacial score (nSPS) is 30.9. The number of nitrogens with zero attached hydrogens (tertiary/aromatic N) is 1. The van der Waals surface area contributed by atoms with E-state index in [2.05, 4.69) is 5.32 Å². The van der Waals surface area contributed by atoms with Crippen molar-refractivity contribution in [1.82, 2.24) is 9.62 Å². The number of rotatable bonds is 2. The molecule has 0 aliphatic carbocycles. The number of fused-ring (bicyclic) bond motifs is 1. The summed E-state index contributed by atoms with van der Waals surface area (Å²) >= 11 is 0. The molecule has 0 radical (unpaired) electrons. The Morgan fingerprint density at radius 2 is 2.10 bits per heavy atom. The summed E-state index contributed by atoms with van der Waals surface area (Å²) in [4.78, 5) is -0.292. The molecular weight excluding hydrogens is 295 g/mol. The van der Waals surface area contributed by atoms with Crippen molar-refractivity contribution in [2.75, 3.05) is 26.2 Å². The lowest BCUT2D eigenvalue weighted by molar-refractivity contribution is -0.0744. The van der Waals surface area contributed by atoms with Crippen molar-refractivity contribution in [3.05, 3.63) is 30.1 Å². The molecule has 2 fully saturated rings. The Morgan fingerprint density at radius 1 is 1.33 bits per heavy atom. The minimum atomic E-state index is -3.85. The zero-order valence-corrected chi connectivity index (χ0v) is 12.4. The first-order valence-electron chi connectivity index (χ1n) is 7.11. The summed E-state index contributed by atoms with van der Waals surface area (Å²) in [6.45, 7) is 1.77. The predicted octanol–water partition coefficient (Wildman–Crippen LogP) is 0.561. The summed E-state index contributed by atoms with van der Waals surface area (Å²) in [5.74, 6) is -0.887. The highest BCUT2D eigenvalue weighted by molar-refractivity contribution is 7.89. The van der Waals surface area contributed by atoms with Gasteiger partial charge in [0.1, 0.15) is 10.7 Å². The smallest absolute Gasteiger partial charge is 0.245 e. The zero-order chi connectivity index (χ0) is 15.1. The largest absolute Gasteiger partial charge is 0.389 e. The summed E-state index contributed by atoms with van der Waals surface area (Å²) in [7, 11) is -3.85. The molecule has 0 bridgehead atoms. The van der Waals surface area contributed by atoms with Gasteiger partial charge in [-0.3, -0.25) is 0 Å². The Hall–Kier alpha value is -1.02. The van der Waals surface area contributed by atoms with Crippen LogP contribution < -0.4 is 5.32 Å². The SMILES string of the molecule is O=S(=O)(c1ccccc1F)N1CC[C@@]2(O)CCNC[C@H]2C1. The second kappa shape index (κ2) is 5.31. The first-order chi connectivity index (χ1) is 9.93. The van der Waals surface area contributed by atoms with E-state index in [4.69, 9.17) is 0 Å². The third kappa shape index (κ3) is 2.59. The number of nitrogens with one attached hydrogen (secondary N) is 1. The molecule has 2 heterocycles. The van der Waals surface area contributed by atoms with Gasteiger partial charge >= 0.3 is 0 Å². The van der Waals surface area contributed by atoms with Crippen LogP contribution in [0.4, 0.5) is 4.39 Å². The molecule has 3 rings (SSSR count). The Kier molecular flexibility index (Phi) is 3.77. The molecule has 0 amide bonds. The van der Waals surface area contributed by atoms with Crippen LogP contribution in [-0.2, 0) is 10.0 Å². The molecule has 2 saturated heterocycles. The first kappa shape index (κ1) is 14.9. The molecule has 7 heteroatoms. The minimum absolute atomic E-state index is 0.151. The number of halogens is 1. The van der Waals surface area contributed by atoms with Gasteiger partial charge in [-0.1, -0.05) is 12.1 Å². The predicted molar refractivity (Wildman–Crippen MR) is 75.7 cm³/mol. The van der Waals surface area contributed by atoms with E-state index in [1.807, 2.05) is 0 Å². The van der Waals surface area contributed by atoms with Crippen molar-refractivity contribution in [3.63, 3.8) is 0 Å². The van der Waals surface area contributed by atoms with Crippen molar-refractivity contribution in [2.45, 2.75) is 23.3 Å². The van der Waals surface area contributed by atoms with Crippen molar-refractivity contribution >= 4 is 10.0 Å². The molecule has 21 heavy (non-hydrogen) atoms. The number of hydrogen-bond acceptors (Lipinski definition) is 4. The lowest BCUT2D eigenvalue weighted by Gasteiger charge is -2.46. The van der Waals surface area contributed by atoms with Crippen LogP contribution in [0.25, 0.3) is 0 Å².